The zero-order valence-electron chi connectivity index (χ0n) is 8.15. The summed E-state index contributed by atoms with van der Waals surface area (Å²) < 4.78 is 22.1. The van der Waals surface area contributed by atoms with Crippen molar-refractivity contribution >= 4 is 15.7 Å². The summed E-state index contributed by atoms with van der Waals surface area (Å²) in [5, 5.41) is -0.905. The molecule has 0 aromatic heterocycles. The van der Waals surface area contributed by atoms with Gasteiger partial charge in [-0.3, -0.25) is 4.79 Å². The van der Waals surface area contributed by atoms with Gasteiger partial charge in [0, 0.05) is 19.3 Å². The number of carbonyl (C=O) groups excluding carboxylic acids is 1. The van der Waals surface area contributed by atoms with Crippen LogP contribution in [0.3, 0.4) is 0 Å². The fourth-order valence-electron chi connectivity index (χ4n) is 1.11. The molecule has 4 nitrogen and oxygen atoms in total. The second-order valence-electron chi connectivity index (χ2n) is 3.65. The van der Waals surface area contributed by atoms with Gasteiger partial charge in [0.25, 0.3) is 0 Å². The maximum atomic E-state index is 11.5. The van der Waals surface area contributed by atoms with Crippen molar-refractivity contribution < 1.29 is 13.2 Å². The minimum atomic E-state index is -3.24. The summed E-state index contributed by atoms with van der Waals surface area (Å²) in [6.07, 6.45) is 3.09. The van der Waals surface area contributed by atoms with Crippen molar-refractivity contribution in [3.05, 3.63) is 0 Å². The van der Waals surface area contributed by atoms with Crippen LogP contribution in [0, 0.1) is 0 Å². The van der Waals surface area contributed by atoms with Gasteiger partial charge in [-0.05, 0) is 19.8 Å². The average molecular weight is 205 g/mol. The molecule has 1 amide bonds. The summed E-state index contributed by atoms with van der Waals surface area (Å²) in [6, 6.07) is 0.275. The molecule has 1 unspecified atom stereocenters. The van der Waals surface area contributed by atoms with Crippen molar-refractivity contribution in [2.45, 2.75) is 31.1 Å². The molecule has 0 saturated heterocycles. The highest BCUT2D eigenvalue weighted by atomic mass is 32.2. The van der Waals surface area contributed by atoms with Gasteiger partial charge in [0.1, 0.15) is 5.25 Å². The predicted molar refractivity (Wildman–Crippen MR) is 50.1 cm³/mol. The van der Waals surface area contributed by atoms with Crippen LogP contribution in [0.1, 0.15) is 19.8 Å². The molecular formula is C8H15NO3S. The van der Waals surface area contributed by atoms with E-state index in [-0.39, 0.29) is 11.9 Å². The van der Waals surface area contributed by atoms with Gasteiger partial charge in [-0.15, -0.1) is 0 Å². The quantitative estimate of drug-likeness (QED) is 0.653. The van der Waals surface area contributed by atoms with Gasteiger partial charge >= 0.3 is 0 Å². The van der Waals surface area contributed by atoms with E-state index in [1.165, 1.54) is 6.92 Å². The summed E-state index contributed by atoms with van der Waals surface area (Å²) >= 11 is 0. The van der Waals surface area contributed by atoms with Gasteiger partial charge in [-0.2, -0.15) is 0 Å². The van der Waals surface area contributed by atoms with Crippen LogP contribution in [0.25, 0.3) is 0 Å². The monoisotopic (exact) mass is 205 g/mol. The third-order valence-electron chi connectivity index (χ3n) is 2.43. The Hall–Kier alpha value is -0.580. The molecule has 0 aromatic carbocycles. The molecule has 0 aromatic rings. The van der Waals surface area contributed by atoms with E-state index >= 15 is 0 Å². The normalized spacial score (nSPS) is 19.6. The van der Waals surface area contributed by atoms with E-state index in [9.17, 15) is 13.2 Å². The minimum absolute atomic E-state index is 0.275. The van der Waals surface area contributed by atoms with E-state index in [1.54, 1.807) is 11.9 Å². The molecule has 1 fully saturated rings. The van der Waals surface area contributed by atoms with Crippen molar-refractivity contribution in [2.75, 3.05) is 13.3 Å². The zero-order chi connectivity index (χ0) is 10.2. The molecular weight excluding hydrogens is 190 g/mol. The lowest BCUT2D eigenvalue weighted by Gasteiger charge is -2.19. The number of hydrogen-bond acceptors (Lipinski definition) is 3. The number of sulfone groups is 1. The van der Waals surface area contributed by atoms with Crippen molar-refractivity contribution in [3.63, 3.8) is 0 Å². The van der Waals surface area contributed by atoms with Crippen LogP contribution in [-0.2, 0) is 14.6 Å². The zero-order valence-corrected chi connectivity index (χ0v) is 8.97. The highest BCUT2D eigenvalue weighted by molar-refractivity contribution is 7.92. The van der Waals surface area contributed by atoms with E-state index in [0.717, 1.165) is 19.1 Å². The molecule has 13 heavy (non-hydrogen) atoms. The largest absolute Gasteiger partial charge is 0.342 e. The Balaban J connectivity index is 2.66. The molecule has 1 rings (SSSR count). The molecule has 0 heterocycles. The molecule has 0 spiro atoms. The fraction of sp³-hybridized carbons (Fsp3) is 0.875. The van der Waals surface area contributed by atoms with Crippen LogP contribution in [0.5, 0.6) is 0 Å². The lowest BCUT2D eigenvalue weighted by Crippen LogP contribution is -2.39. The van der Waals surface area contributed by atoms with Gasteiger partial charge in [0.05, 0.1) is 0 Å². The Labute approximate surface area is 78.8 Å². The lowest BCUT2D eigenvalue weighted by molar-refractivity contribution is -0.129. The first-order valence-corrected chi connectivity index (χ1v) is 6.25. The van der Waals surface area contributed by atoms with Crippen molar-refractivity contribution in [2.24, 2.45) is 0 Å². The third-order valence-corrected chi connectivity index (χ3v) is 3.92. The first-order chi connectivity index (χ1) is 5.84. The van der Waals surface area contributed by atoms with Crippen molar-refractivity contribution in [1.29, 1.82) is 0 Å². The second-order valence-corrected chi connectivity index (χ2v) is 6.02. The first kappa shape index (κ1) is 10.5. The Morgan fingerprint density at radius 1 is 1.46 bits per heavy atom. The Morgan fingerprint density at radius 3 is 2.23 bits per heavy atom. The average Bonchev–Trinajstić information content (AvgIpc) is 2.81. The molecule has 1 aliphatic carbocycles. The van der Waals surface area contributed by atoms with Crippen LogP contribution in [0.15, 0.2) is 0 Å². The van der Waals surface area contributed by atoms with E-state index < -0.39 is 15.1 Å². The number of nitrogens with zero attached hydrogens (tertiary/aromatic N) is 1. The maximum absolute atomic E-state index is 11.5. The summed E-state index contributed by atoms with van der Waals surface area (Å²) in [6.45, 7) is 1.44. The van der Waals surface area contributed by atoms with Gasteiger partial charge in [-0.1, -0.05) is 0 Å². The Bertz CT molecular complexity index is 305. The molecule has 0 radical (unpaired) electrons. The van der Waals surface area contributed by atoms with Crippen molar-refractivity contribution in [1.82, 2.24) is 4.90 Å². The first-order valence-electron chi connectivity index (χ1n) is 4.29. The molecule has 0 aliphatic heterocycles. The summed E-state index contributed by atoms with van der Waals surface area (Å²) in [7, 11) is -1.58. The second kappa shape index (κ2) is 3.29. The van der Waals surface area contributed by atoms with Crippen molar-refractivity contribution in [3.8, 4) is 0 Å². The number of rotatable bonds is 3. The molecule has 5 heteroatoms. The number of carbonyl (C=O) groups is 1. The van der Waals surface area contributed by atoms with E-state index in [0.29, 0.717) is 0 Å². The fourth-order valence-corrected chi connectivity index (χ4v) is 1.64. The summed E-state index contributed by atoms with van der Waals surface area (Å²) in [4.78, 5) is 13.1. The summed E-state index contributed by atoms with van der Waals surface area (Å²) in [5.41, 5.74) is 0. The standard InChI is InChI=1S/C8H15NO3S/c1-6(13(3,11)12)8(10)9(2)7-4-5-7/h6-7H,4-5H2,1-3H3. The van der Waals surface area contributed by atoms with E-state index in [1.807, 2.05) is 0 Å². The number of amides is 1. The smallest absolute Gasteiger partial charge is 0.240 e. The van der Waals surface area contributed by atoms with Gasteiger partial charge in [0.15, 0.2) is 9.84 Å². The molecule has 0 N–H and O–H groups in total. The van der Waals surface area contributed by atoms with Crippen LogP contribution < -0.4 is 0 Å². The maximum Gasteiger partial charge on any atom is 0.240 e. The van der Waals surface area contributed by atoms with Crippen LogP contribution in [0.4, 0.5) is 0 Å². The van der Waals surface area contributed by atoms with Gasteiger partial charge in [-0.25, -0.2) is 8.42 Å². The van der Waals surface area contributed by atoms with Gasteiger partial charge in [0.2, 0.25) is 5.91 Å². The Morgan fingerprint density at radius 2 is 1.92 bits per heavy atom. The topological polar surface area (TPSA) is 54.5 Å². The molecule has 0 bridgehead atoms. The number of hydrogen-bond donors (Lipinski definition) is 0. The SMILES string of the molecule is CC(C(=O)N(C)C1CC1)S(C)(=O)=O. The van der Waals surface area contributed by atoms with Crippen LogP contribution in [0.2, 0.25) is 0 Å². The molecule has 1 atom stereocenters. The minimum Gasteiger partial charge on any atom is -0.342 e. The van der Waals surface area contributed by atoms with Gasteiger partial charge < -0.3 is 4.90 Å². The molecule has 76 valence electrons. The predicted octanol–water partition coefficient (Wildman–Crippen LogP) is 0.0403. The highest BCUT2D eigenvalue weighted by Gasteiger charge is 2.34. The summed E-state index contributed by atoms with van der Waals surface area (Å²) in [5.74, 6) is -0.287. The van der Waals surface area contributed by atoms with E-state index in [2.05, 4.69) is 0 Å². The molecule has 1 saturated carbocycles. The van der Waals surface area contributed by atoms with E-state index in [4.69, 9.17) is 0 Å². The van der Waals surface area contributed by atoms with Crippen LogP contribution in [-0.4, -0.2) is 43.8 Å². The highest BCUT2D eigenvalue weighted by Crippen LogP contribution is 2.26. The Kier molecular flexibility index (Phi) is 2.66. The van der Waals surface area contributed by atoms with Crippen LogP contribution >= 0.6 is 0 Å². The lowest BCUT2D eigenvalue weighted by atomic mass is 10.4. The third kappa shape index (κ3) is 2.43. The molecule has 1 aliphatic rings.